The minimum atomic E-state index is -0.747. The first-order chi connectivity index (χ1) is 10.6. The first kappa shape index (κ1) is 19.1. The van der Waals surface area contributed by atoms with Crippen molar-refractivity contribution in [3.63, 3.8) is 0 Å². The minimum absolute atomic E-state index is 0.217. The Morgan fingerprint density at radius 1 is 1.14 bits per heavy atom. The van der Waals surface area contributed by atoms with Crippen molar-refractivity contribution >= 4 is 29.2 Å². The number of aliphatic carboxylic acids is 1. The summed E-state index contributed by atoms with van der Waals surface area (Å²) in [5, 5.41) is 9.73. The number of benzene rings is 1. The molecule has 0 fully saturated rings. The van der Waals surface area contributed by atoms with Crippen LogP contribution in [0.1, 0.15) is 57.4 Å². The number of halogens is 2. The first-order valence-corrected chi connectivity index (χ1v) is 8.63. The molecule has 1 rings (SSSR count). The third-order valence-corrected chi connectivity index (χ3v) is 4.32. The van der Waals surface area contributed by atoms with E-state index in [1.807, 2.05) is 6.07 Å². The van der Waals surface area contributed by atoms with E-state index >= 15 is 0 Å². The number of carbonyl (C=O) groups is 1. The van der Waals surface area contributed by atoms with Crippen LogP contribution in [0, 0.1) is 0 Å². The number of unbranched alkanes of at least 4 members (excludes halogenated alkanes) is 4. The summed E-state index contributed by atoms with van der Waals surface area (Å²) in [6, 6.07) is 3.62. The van der Waals surface area contributed by atoms with Gasteiger partial charge in [0.15, 0.2) is 0 Å². The molecule has 1 aromatic carbocycles. The van der Waals surface area contributed by atoms with E-state index in [-0.39, 0.29) is 6.42 Å². The van der Waals surface area contributed by atoms with E-state index in [9.17, 15) is 4.79 Å². The molecule has 22 heavy (non-hydrogen) atoms. The van der Waals surface area contributed by atoms with Crippen molar-refractivity contribution in [2.24, 2.45) is 0 Å². The van der Waals surface area contributed by atoms with Crippen LogP contribution >= 0.6 is 23.2 Å². The first-order valence-electron chi connectivity index (χ1n) is 7.87. The van der Waals surface area contributed by atoms with E-state index < -0.39 is 5.97 Å². The molecule has 0 saturated heterocycles. The number of rotatable bonds is 11. The Hall–Kier alpha value is -0.930. The molecule has 124 valence electrons. The average molecular weight is 347 g/mol. The molecular formula is C17H24Cl2O3. The van der Waals surface area contributed by atoms with E-state index in [1.165, 1.54) is 0 Å². The molecule has 0 aliphatic heterocycles. The molecule has 0 saturated carbocycles. The van der Waals surface area contributed by atoms with Crippen LogP contribution in [0.25, 0.3) is 0 Å². The maximum absolute atomic E-state index is 10.4. The Morgan fingerprint density at radius 2 is 1.91 bits per heavy atom. The van der Waals surface area contributed by atoms with Gasteiger partial charge in [-0.1, -0.05) is 43.0 Å². The molecule has 0 aliphatic rings. The fourth-order valence-electron chi connectivity index (χ4n) is 2.23. The second-order valence-corrected chi connectivity index (χ2v) is 6.13. The van der Waals surface area contributed by atoms with Crippen molar-refractivity contribution < 1.29 is 14.6 Å². The lowest BCUT2D eigenvalue weighted by atomic mass is 10.1. The summed E-state index contributed by atoms with van der Waals surface area (Å²) in [6.45, 7) is 2.73. The van der Waals surface area contributed by atoms with Gasteiger partial charge in [0.1, 0.15) is 5.75 Å². The van der Waals surface area contributed by atoms with Crippen molar-refractivity contribution in [1.29, 1.82) is 0 Å². The summed E-state index contributed by atoms with van der Waals surface area (Å²) >= 11 is 12.4. The van der Waals surface area contributed by atoms with Gasteiger partial charge in [0.2, 0.25) is 0 Å². The molecule has 0 amide bonds. The van der Waals surface area contributed by atoms with Crippen molar-refractivity contribution in [2.75, 3.05) is 6.61 Å². The summed E-state index contributed by atoms with van der Waals surface area (Å²) in [7, 11) is 0. The molecule has 0 aromatic heterocycles. The largest absolute Gasteiger partial charge is 0.493 e. The maximum Gasteiger partial charge on any atom is 0.303 e. The van der Waals surface area contributed by atoms with E-state index in [2.05, 4.69) is 6.92 Å². The minimum Gasteiger partial charge on any atom is -0.493 e. The van der Waals surface area contributed by atoms with Crippen molar-refractivity contribution in [3.8, 4) is 5.75 Å². The third-order valence-electron chi connectivity index (χ3n) is 3.48. The number of hydrogen-bond acceptors (Lipinski definition) is 2. The highest BCUT2D eigenvalue weighted by atomic mass is 35.5. The van der Waals surface area contributed by atoms with Gasteiger partial charge in [0.05, 0.1) is 16.7 Å². The highest BCUT2D eigenvalue weighted by molar-refractivity contribution is 6.42. The van der Waals surface area contributed by atoms with Crippen LogP contribution in [0.2, 0.25) is 10.0 Å². The highest BCUT2D eigenvalue weighted by Crippen LogP contribution is 2.34. The normalized spacial score (nSPS) is 10.7. The van der Waals surface area contributed by atoms with Gasteiger partial charge < -0.3 is 9.84 Å². The van der Waals surface area contributed by atoms with Crippen LogP contribution < -0.4 is 4.74 Å². The zero-order valence-corrected chi connectivity index (χ0v) is 14.6. The smallest absolute Gasteiger partial charge is 0.303 e. The Morgan fingerprint density at radius 3 is 2.59 bits per heavy atom. The fraction of sp³-hybridized carbons (Fsp3) is 0.588. The molecule has 0 heterocycles. The molecule has 0 atom stereocenters. The summed E-state index contributed by atoms with van der Waals surface area (Å²) in [5.74, 6) is 0.0485. The summed E-state index contributed by atoms with van der Waals surface area (Å²) in [6.07, 6.45) is 6.81. The molecule has 1 aromatic rings. The van der Waals surface area contributed by atoms with Gasteiger partial charge in [-0.2, -0.15) is 0 Å². The number of hydrogen-bond donors (Lipinski definition) is 1. The molecule has 3 nitrogen and oxygen atoms in total. The Labute approximate surface area is 142 Å². The van der Waals surface area contributed by atoms with Gasteiger partial charge in [0.25, 0.3) is 0 Å². The highest BCUT2D eigenvalue weighted by Gasteiger charge is 2.11. The van der Waals surface area contributed by atoms with Crippen molar-refractivity contribution in [3.05, 3.63) is 27.7 Å². The van der Waals surface area contributed by atoms with Crippen LogP contribution in [0.5, 0.6) is 5.75 Å². The molecule has 0 radical (unpaired) electrons. The monoisotopic (exact) mass is 346 g/mol. The van der Waals surface area contributed by atoms with Crippen LogP contribution in [0.15, 0.2) is 12.1 Å². The lowest BCUT2D eigenvalue weighted by molar-refractivity contribution is -0.137. The van der Waals surface area contributed by atoms with Crippen LogP contribution in [-0.4, -0.2) is 17.7 Å². The summed E-state index contributed by atoms with van der Waals surface area (Å²) < 4.78 is 5.82. The lowest BCUT2D eigenvalue weighted by Gasteiger charge is -2.14. The molecule has 0 bridgehead atoms. The Kier molecular flexibility index (Phi) is 9.33. The molecule has 1 N–H and O–H groups in total. The van der Waals surface area contributed by atoms with E-state index in [4.69, 9.17) is 33.0 Å². The van der Waals surface area contributed by atoms with Crippen molar-refractivity contribution in [2.45, 2.75) is 58.3 Å². The second kappa shape index (κ2) is 10.7. The molecule has 0 spiro atoms. The van der Waals surface area contributed by atoms with Gasteiger partial charge in [0, 0.05) is 12.0 Å². The predicted molar refractivity (Wildman–Crippen MR) is 91.3 cm³/mol. The van der Waals surface area contributed by atoms with Gasteiger partial charge in [-0.05, 0) is 44.2 Å². The zero-order chi connectivity index (χ0) is 16.4. The standard InChI is InChI=1S/C17H24Cl2O3/c1-2-3-5-8-13-15(11-10-14(18)17(13)19)22-12-7-4-6-9-16(20)21/h10-11H,2-9,12H2,1H3,(H,20,21). The fourth-order valence-corrected chi connectivity index (χ4v) is 2.66. The average Bonchev–Trinajstić information content (AvgIpc) is 2.48. The van der Waals surface area contributed by atoms with E-state index in [0.717, 1.165) is 49.8 Å². The summed E-state index contributed by atoms with van der Waals surface area (Å²) in [4.78, 5) is 10.4. The van der Waals surface area contributed by atoms with Crippen LogP contribution in [-0.2, 0) is 11.2 Å². The Balaban J connectivity index is 2.50. The molecule has 0 aliphatic carbocycles. The van der Waals surface area contributed by atoms with Gasteiger partial charge in [-0.15, -0.1) is 0 Å². The molecule has 0 unspecified atom stereocenters. The van der Waals surface area contributed by atoms with Crippen molar-refractivity contribution in [1.82, 2.24) is 0 Å². The predicted octanol–water partition coefficient (Wildman–Crippen LogP) is 5.75. The Bertz CT molecular complexity index is 475. The number of carboxylic acid groups (broad SMARTS) is 1. The van der Waals surface area contributed by atoms with Gasteiger partial charge >= 0.3 is 5.97 Å². The molecular weight excluding hydrogens is 323 g/mol. The zero-order valence-electron chi connectivity index (χ0n) is 13.0. The second-order valence-electron chi connectivity index (χ2n) is 5.35. The van der Waals surface area contributed by atoms with E-state index in [0.29, 0.717) is 23.1 Å². The lowest BCUT2D eigenvalue weighted by Crippen LogP contribution is -2.02. The van der Waals surface area contributed by atoms with Gasteiger partial charge in [-0.3, -0.25) is 4.79 Å². The SMILES string of the molecule is CCCCCc1c(OCCCCCC(=O)O)ccc(Cl)c1Cl. The van der Waals surface area contributed by atoms with E-state index in [1.54, 1.807) is 6.07 Å². The number of ether oxygens (including phenoxy) is 1. The summed E-state index contributed by atoms with van der Waals surface area (Å²) in [5.41, 5.74) is 0.980. The van der Waals surface area contributed by atoms with Crippen LogP contribution in [0.3, 0.4) is 0 Å². The maximum atomic E-state index is 10.4. The quantitative estimate of drug-likeness (QED) is 0.519. The molecule has 5 heteroatoms. The van der Waals surface area contributed by atoms with Crippen LogP contribution in [0.4, 0.5) is 0 Å². The number of carboxylic acids is 1. The third kappa shape index (κ3) is 6.89. The topological polar surface area (TPSA) is 46.5 Å². The van der Waals surface area contributed by atoms with Gasteiger partial charge in [-0.25, -0.2) is 0 Å².